The van der Waals surface area contributed by atoms with Gasteiger partial charge in [0.05, 0.1) is 12.2 Å². The number of methoxy groups -OCH3 is 1. The molecule has 5 nitrogen and oxygen atoms in total. The van der Waals surface area contributed by atoms with Gasteiger partial charge in [-0.05, 0) is 29.8 Å². The average molecular weight is 404 g/mol. The summed E-state index contributed by atoms with van der Waals surface area (Å²) in [6.07, 6.45) is 0. The van der Waals surface area contributed by atoms with Gasteiger partial charge in [0.1, 0.15) is 34.7 Å². The second kappa shape index (κ2) is 9.38. The fraction of sp³-hybridized carbons (Fsp3) is 0.200. The number of thiazole rings is 1. The van der Waals surface area contributed by atoms with E-state index in [0.717, 1.165) is 6.07 Å². The lowest BCUT2D eigenvalue weighted by molar-refractivity contribution is 0.0933. The lowest BCUT2D eigenvalue weighted by atomic mass is 10.2. The summed E-state index contributed by atoms with van der Waals surface area (Å²) in [5.74, 6) is -1.09. The van der Waals surface area contributed by atoms with E-state index < -0.39 is 11.6 Å². The molecule has 0 saturated heterocycles. The van der Waals surface area contributed by atoms with E-state index in [0.29, 0.717) is 40.7 Å². The van der Waals surface area contributed by atoms with Crippen molar-refractivity contribution in [3.63, 3.8) is 0 Å². The van der Waals surface area contributed by atoms with Crippen LogP contribution in [0.1, 0.15) is 16.1 Å². The number of nitrogens with one attached hydrogen (secondary N) is 1. The predicted molar refractivity (Wildman–Crippen MR) is 102 cm³/mol. The van der Waals surface area contributed by atoms with Crippen LogP contribution < -0.4 is 10.1 Å². The summed E-state index contributed by atoms with van der Waals surface area (Å²) < 4.78 is 37.3. The van der Waals surface area contributed by atoms with Crippen molar-refractivity contribution in [2.45, 2.75) is 6.61 Å². The molecule has 0 spiro atoms. The van der Waals surface area contributed by atoms with Crippen LogP contribution in [0, 0.1) is 11.6 Å². The Hall–Kier alpha value is -2.84. The van der Waals surface area contributed by atoms with Crippen molar-refractivity contribution < 1.29 is 23.0 Å². The number of halogens is 2. The number of hydrogen-bond acceptors (Lipinski definition) is 5. The maximum absolute atomic E-state index is 13.3. The topological polar surface area (TPSA) is 60.5 Å². The van der Waals surface area contributed by atoms with Crippen LogP contribution in [-0.4, -0.2) is 31.2 Å². The van der Waals surface area contributed by atoms with Crippen LogP contribution >= 0.6 is 11.3 Å². The molecule has 3 aromatic rings. The van der Waals surface area contributed by atoms with Crippen LogP contribution in [0.3, 0.4) is 0 Å². The van der Waals surface area contributed by atoms with Gasteiger partial charge in [-0.15, -0.1) is 11.3 Å². The summed E-state index contributed by atoms with van der Waals surface area (Å²) in [5.41, 5.74) is 1.38. The van der Waals surface area contributed by atoms with Crippen molar-refractivity contribution in [1.29, 1.82) is 0 Å². The summed E-state index contributed by atoms with van der Waals surface area (Å²) in [5, 5.41) is 4.99. The second-order valence-corrected chi connectivity index (χ2v) is 6.71. The number of nitrogens with zero attached hydrogens (tertiary/aromatic N) is 1. The Morgan fingerprint density at radius 2 is 1.93 bits per heavy atom. The molecule has 2 aromatic carbocycles. The number of hydrogen-bond donors (Lipinski definition) is 1. The number of carbonyl (C=O) groups excluding carboxylic acids is 1. The zero-order chi connectivity index (χ0) is 19.9. The highest BCUT2D eigenvalue weighted by Gasteiger charge is 2.14. The molecule has 0 aliphatic rings. The van der Waals surface area contributed by atoms with Crippen molar-refractivity contribution in [2.75, 3.05) is 20.3 Å². The molecular weight excluding hydrogens is 386 g/mol. The molecule has 1 N–H and O–H groups in total. The number of amides is 1. The fourth-order valence-corrected chi connectivity index (χ4v) is 3.31. The third-order valence-corrected chi connectivity index (χ3v) is 4.64. The van der Waals surface area contributed by atoms with Crippen molar-refractivity contribution in [1.82, 2.24) is 10.3 Å². The zero-order valence-corrected chi connectivity index (χ0v) is 15.9. The number of aromatic nitrogens is 1. The molecule has 1 aromatic heterocycles. The number of carbonyl (C=O) groups is 1. The molecule has 0 unspecified atom stereocenters. The van der Waals surface area contributed by atoms with Gasteiger partial charge in [0.15, 0.2) is 0 Å². The quantitative estimate of drug-likeness (QED) is 0.576. The monoisotopic (exact) mass is 404 g/mol. The Bertz CT molecular complexity index is 942. The van der Waals surface area contributed by atoms with E-state index in [1.54, 1.807) is 24.6 Å². The third kappa shape index (κ3) is 5.11. The molecule has 3 rings (SSSR count). The molecule has 0 atom stereocenters. The van der Waals surface area contributed by atoms with Gasteiger partial charge in [0.25, 0.3) is 5.91 Å². The van der Waals surface area contributed by atoms with Crippen LogP contribution in [0.2, 0.25) is 0 Å². The van der Waals surface area contributed by atoms with Crippen molar-refractivity contribution in [3.8, 4) is 16.3 Å². The molecule has 28 heavy (non-hydrogen) atoms. The maximum atomic E-state index is 13.3. The molecule has 0 aliphatic carbocycles. The minimum Gasteiger partial charge on any atom is -0.488 e. The first-order valence-corrected chi connectivity index (χ1v) is 9.34. The van der Waals surface area contributed by atoms with Gasteiger partial charge in [0.2, 0.25) is 0 Å². The number of ether oxygens (including phenoxy) is 2. The van der Waals surface area contributed by atoms with Crippen LogP contribution in [0.25, 0.3) is 10.6 Å². The minimum atomic E-state index is -0.657. The first-order chi connectivity index (χ1) is 13.6. The molecule has 0 saturated carbocycles. The van der Waals surface area contributed by atoms with Crippen molar-refractivity contribution in [2.24, 2.45) is 0 Å². The van der Waals surface area contributed by atoms with Crippen LogP contribution in [0.5, 0.6) is 5.75 Å². The lowest BCUT2D eigenvalue weighted by Crippen LogP contribution is -2.27. The molecular formula is C20H18F2N2O3S. The molecule has 1 heterocycles. The summed E-state index contributed by atoms with van der Waals surface area (Å²) in [7, 11) is 1.56. The van der Waals surface area contributed by atoms with E-state index in [-0.39, 0.29) is 12.5 Å². The molecule has 0 radical (unpaired) electrons. The van der Waals surface area contributed by atoms with E-state index in [9.17, 15) is 13.6 Å². The average Bonchev–Trinajstić information content (AvgIpc) is 3.16. The van der Waals surface area contributed by atoms with Gasteiger partial charge in [-0.25, -0.2) is 13.8 Å². The number of rotatable bonds is 8. The Kier molecular flexibility index (Phi) is 6.67. The van der Waals surface area contributed by atoms with Gasteiger partial charge >= 0.3 is 0 Å². The normalized spacial score (nSPS) is 10.7. The molecule has 0 fully saturated rings. The Balaban J connectivity index is 1.74. The lowest BCUT2D eigenvalue weighted by Gasteiger charge is -2.10. The third-order valence-electron chi connectivity index (χ3n) is 3.76. The van der Waals surface area contributed by atoms with E-state index in [1.165, 1.54) is 23.5 Å². The summed E-state index contributed by atoms with van der Waals surface area (Å²) in [4.78, 5) is 16.5. The number of benzene rings is 2. The maximum Gasteiger partial charge on any atom is 0.270 e. The van der Waals surface area contributed by atoms with Gasteiger partial charge in [-0.2, -0.15) is 0 Å². The highest BCUT2D eigenvalue weighted by Crippen LogP contribution is 2.32. The second-order valence-electron chi connectivity index (χ2n) is 5.85. The van der Waals surface area contributed by atoms with Gasteiger partial charge in [-0.3, -0.25) is 4.79 Å². The number of para-hydroxylation sites is 1. The summed E-state index contributed by atoms with van der Waals surface area (Å²) >= 11 is 1.31. The molecule has 146 valence electrons. The summed E-state index contributed by atoms with van der Waals surface area (Å²) in [6, 6.07) is 10.4. The van der Waals surface area contributed by atoms with Gasteiger partial charge in [-0.1, -0.05) is 12.1 Å². The Labute approximate surface area is 164 Å². The smallest absolute Gasteiger partial charge is 0.270 e. The predicted octanol–water partition coefficient (Wildman–Crippen LogP) is 4.04. The first-order valence-electron chi connectivity index (χ1n) is 8.46. The highest BCUT2D eigenvalue weighted by atomic mass is 32.1. The standard InChI is InChI=1S/C20H18F2N2O3S/c1-26-7-6-23-19(25)17-12-28-20(24-17)16-4-2-3-5-18(16)27-11-13-8-14(21)10-15(22)9-13/h2-5,8-10,12H,6-7,11H2,1H3,(H,23,25). The molecule has 0 bridgehead atoms. The van der Waals surface area contributed by atoms with Crippen molar-refractivity contribution in [3.05, 3.63) is 70.7 Å². The van der Waals surface area contributed by atoms with Crippen LogP contribution in [0.15, 0.2) is 47.8 Å². The minimum absolute atomic E-state index is 0.00142. The zero-order valence-electron chi connectivity index (χ0n) is 15.1. The van der Waals surface area contributed by atoms with Gasteiger partial charge < -0.3 is 14.8 Å². The largest absolute Gasteiger partial charge is 0.488 e. The van der Waals surface area contributed by atoms with Crippen LogP contribution in [-0.2, 0) is 11.3 Å². The van der Waals surface area contributed by atoms with E-state index in [2.05, 4.69) is 10.3 Å². The Morgan fingerprint density at radius 3 is 2.68 bits per heavy atom. The van der Waals surface area contributed by atoms with Crippen molar-refractivity contribution >= 4 is 17.2 Å². The molecule has 1 amide bonds. The molecule has 0 aliphatic heterocycles. The first kappa shape index (κ1) is 19.9. The Morgan fingerprint density at radius 1 is 1.18 bits per heavy atom. The fourth-order valence-electron chi connectivity index (χ4n) is 2.48. The highest BCUT2D eigenvalue weighted by molar-refractivity contribution is 7.13. The molecule has 8 heteroatoms. The summed E-state index contributed by atoms with van der Waals surface area (Å²) in [6.45, 7) is 0.813. The van der Waals surface area contributed by atoms with Crippen LogP contribution in [0.4, 0.5) is 8.78 Å². The van der Waals surface area contributed by atoms with E-state index >= 15 is 0 Å². The SMILES string of the molecule is COCCNC(=O)c1csc(-c2ccccc2OCc2cc(F)cc(F)c2)n1. The van der Waals surface area contributed by atoms with E-state index in [4.69, 9.17) is 9.47 Å². The van der Waals surface area contributed by atoms with Gasteiger partial charge in [0, 0.05) is 25.1 Å². The van der Waals surface area contributed by atoms with E-state index in [1.807, 2.05) is 12.1 Å².